The molecule has 31 heavy (non-hydrogen) atoms. The first-order chi connectivity index (χ1) is 15.1. The first-order valence-electron chi connectivity index (χ1n) is 11.2. The van der Waals surface area contributed by atoms with Crippen LogP contribution in [-0.4, -0.2) is 75.0 Å². The number of benzene rings is 1. The van der Waals surface area contributed by atoms with Crippen LogP contribution in [-0.2, 0) is 6.42 Å². The minimum absolute atomic E-state index is 0.0237. The van der Waals surface area contributed by atoms with E-state index in [-0.39, 0.29) is 18.2 Å². The molecule has 2 aliphatic rings. The molecule has 1 amide bonds. The zero-order chi connectivity index (χ0) is 22.1. The van der Waals surface area contributed by atoms with Crippen LogP contribution in [0.15, 0.2) is 12.1 Å². The van der Waals surface area contributed by atoms with E-state index in [0.717, 1.165) is 50.9 Å². The zero-order valence-electron chi connectivity index (χ0n) is 18.4. The monoisotopic (exact) mass is 430 g/mol. The third-order valence-corrected chi connectivity index (χ3v) is 5.92. The maximum absolute atomic E-state index is 13.0. The summed E-state index contributed by atoms with van der Waals surface area (Å²) in [6.45, 7) is 4.99. The molecule has 0 radical (unpaired) electrons. The number of likely N-dealkylation sites (tertiary alicyclic amines) is 1. The minimum Gasteiger partial charge on any atom is -0.490 e. The van der Waals surface area contributed by atoms with Gasteiger partial charge in [0.2, 0.25) is 0 Å². The van der Waals surface area contributed by atoms with Gasteiger partial charge in [-0.05, 0) is 63.6 Å². The molecule has 8 nitrogen and oxygen atoms in total. The number of β-amino-alcohol motifs (C(OH)–C–C–N with tert-alkyl or cyclic N) is 1. The molecule has 3 rings (SSSR count). The topological polar surface area (TPSA) is 107 Å². The van der Waals surface area contributed by atoms with E-state index in [1.54, 1.807) is 12.1 Å². The summed E-state index contributed by atoms with van der Waals surface area (Å²) >= 11 is 0. The second kappa shape index (κ2) is 11.9. The highest BCUT2D eigenvalue weighted by Crippen LogP contribution is 2.35. The van der Waals surface area contributed by atoms with Crippen LogP contribution in [0.1, 0.15) is 41.6 Å². The second-order valence-corrected chi connectivity index (χ2v) is 8.29. The van der Waals surface area contributed by atoms with E-state index < -0.39 is 6.10 Å². The number of nitriles is 1. The lowest BCUT2D eigenvalue weighted by Gasteiger charge is -2.36. The SMILES string of the molecule is CNCCCCN1CC[C@@H](CNC(=O)c2cc(CC#N)cc3c2OCCCO3)[C@H](O)C1. The average Bonchev–Trinajstić information content (AvgIpc) is 3.01. The molecule has 0 bridgehead atoms. The van der Waals surface area contributed by atoms with Gasteiger partial charge in [-0.25, -0.2) is 0 Å². The van der Waals surface area contributed by atoms with Crippen LogP contribution in [0.4, 0.5) is 0 Å². The number of fused-ring (bicyclic) bond motifs is 1. The van der Waals surface area contributed by atoms with E-state index >= 15 is 0 Å². The molecule has 1 aromatic rings. The summed E-state index contributed by atoms with van der Waals surface area (Å²) in [4.78, 5) is 15.3. The van der Waals surface area contributed by atoms with E-state index in [9.17, 15) is 9.90 Å². The predicted octanol–water partition coefficient (Wildman–Crippen LogP) is 1.33. The van der Waals surface area contributed by atoms with Crippen molar-refractivity contribution >= 4 is 5.91 Å². The first kappa shape index (κ1) is 23.3. The number of amides is 1. The number of piperidine rings is 1. The molecule has 2 aliphatic heterocycles. The summed E-state index contributed by atoms with van der Waals surface area (Å²) in [6, 6.07) is 5.60. The average molecular weight is 431 g/mol. The molecule has 2 atom stereocenters. The normalized spacial score (nSPS) is 21.2. The van der Waals surface area contributed by atoms with Gasteiger partial charge in [-0.3, -0.25) is 4.79 Å². The largest absolute Gasteiger partial charge is 0.490 e. The van der Waals surface area contributed by atoms with E-state index in [0.29, 0.717) is 43.4 Å². The lowest BCUT2D eigenvalue weighted by Crippen LogP contribution is -2.47. The number of carbonyl (C=O) groups is 1. The Hall–Kier alpha value is -2.34. The van der Waals surface area contributed by atoms with Crippen LogP contribution in [0.5, 0.6) is 11.5 Å². The fourth-order valence-electron chi connectivity index (χ4n) is 4.14. The Kier molecular flexibility index (Phi) is 8.95. The van der Waals surface area contributed by atoms with Crippen molar-refractivity contribution in [2.24, 2.45) is 5.92 Å². The van der Waals surface area contributed by atoms with Gasteiger partial charge in [0.1, 0.15) is 0 Å². The molecular weight excluding hydrogens is 396 g/mol. The summed E-state index contributed by atoms with van der Waals surface area (Å²) in [7, 11) is 1.96. The quantitative estimate of drug-likeness (QED) is 0.507. The standard InChI is InChI=1S/C23H34N4O4/c1-25-8-2-3-9-27-10-6-18(20(28)16-27)15-26-23(29)19-13-17(5-7-24)14-21-22(19)31-12-4-11-30-21/h13-14,18,20,25,28H,2-6,8-12,15-16H2,1H3,(H,26,29)/t18-,20+/m0/s1. The smallest absolute Gasteiger partial charge is 0.255 e. The van der Waals surface area contributed by atoms with Crippen molar-refractivity contribution in [2.45, 2.75) is 38.2 Å². The number of rotatable bonds is 9. The molecule has 1 fully saturated rings. The summed E-state index contributed by atoms with van der Waals surface area (Å²) in [5.74, 6) is 0.717. The molecule has 170 valence electrons. The Morgan fingerprint density at radius 1 is 1.32 bits per heavy atom. The number of aliphatic hydroxyl groups is 1. The highest BCUT2D eigenvalue weighted by Gasteiger charge is 2.28. The number of aliphatic hydroxyl groups excluding tert-OH is 1. The van der Waals surface area contributed by atoms with Crippen molar-refractivity contribution in [2.75, 3.05) is 53.0 Å². The van der Waals surface area contributed by atoms with Gasteiger partial charge in [0.05, 0.1) is 37.4 Å². The molecule has 3 N–H and O–H groups in total. The molecule has 2 heterocycles. The number of carbonyl (C=O) groups excluding carboxylic acids is 1. The number of hydrogen-bond acceptors (Lipinski definition) is 7. The first-order valence-corrected chi connectivity index (χ1v) is 11.2. The lowest BCUT2D eigenvalue weighted by atomic mass is 9.93. The van der Waals surface area contributed by atoms with Gasteiger partial charge in [-0.15, -0.1) is 0 Å². The number of nitrogens with zero attached hydrogens (tertiary/aromatic N) is 2. The maximum Gasteiger partial charge on any atom is 0.255 e. The van der Waals surface area contributed by atoms with Crippen molar-refractivity contribution in [1.82, 2.24) is 15.5 Å². The molecule has 8 heteroatoms. The Balaban J connectivity index is 1.57. The lowest BCUT2D eigenvalue weighted by molar-refractivity contribution is 0.0216. The van der Waals surface area contributed by atoms with Gasteiger partial charge in [-0.1, -0.05) is 0 Å². The number of unbranched alkanes of at least 4 members (excludes halogenated alkanes) is 1. The zero-order valence-corrected chi connectivity index (χ0v) is 18.4. The Labute approximate surface area is 184 Å². The summed E-state index contributed by atoms with van der Waals surface area (Å²) < 4.78 is 11.5. The molecular formula is C23H34N4O4. The number of ether oxygens (including phenoxy) is 2. The predicted molar refractivity (Wildman–Crippen MR) is 117 cm³/mol. The third-order valence-electron chi connectivity index (χ3n) is 5.92. The fraction of sp³-hybridized carbons (Fsp3) is 0.652. The molecule has 0 unspecified atom stereocenters. The van der Waals surface area contributed by atoms with Crippen LogP contribution in [0.3, 0.4) is 0 Å². The van der Waals surface area contributed by atoms with E-state index in [1.807, 2.05) is 7.05 Å². The Morgan fingerprint density at radius 3 is 2.94 bits per heavy atom. The highest BCUT2D eigenvalue weighted by atomic mass is 16.5. The van der Waals surface area contributed by atoms with Crippen LogP contribution in [0.25, 0.3) is 0 Å². The maximum atomic E-state index is 13.0. The third kappa shape index (κ3) is 6.57. The number of hydrogen-bond donors (Lipinski definition) is 3. The van der Waals surface area contributed by atoms with Crippen molar-refractivity contribution < 1.29 is 19.4 Å². The van der Waals surface area contributed by atoms with Crippen molar-refractivity contribution in [1.29, 1.82) is 5.26 Å². The molecule has 0 spiro atoms. The Bertz CT molecular complexity index is 780. The van der Waals surface area contributed by atoms with Crippen molar-refractivity contribution in [3.8, 4) is 17.6 Å². The van der Waals surface area contributed by atoms with Gasteiger partial charge in [0, 0.05) is 25.4 Å². The van der Waals surface area contributed by atoms with Gasteiger partial charge >= 0.3 is 0 Å². The Morgan fingerprint density at radius 2 is 2.16 bits per heavy atom. The van der Waals surface area contributed by atoms with E-state index in [4.69, 9.17) is 14.7 Å². The summed E-state index contributed by atoms with van der Waals surface area (Å²) in [5.41, 5.74) is 1.12. The van der Waals surface area contributed by atoms with Gasteiger partial charge < -0.3 is 30.1 Å². The van der Waals surface area contributed by atoms with Crippen LogP contribution >= 0.6 is 0 Å². The molecule has 1 aromatic carbocycles. The fourth-order valence-corrected chi connectivity index (χ4v) is 4.14. The van der Waals surface area contributed by atoms with Crippen molar-refractivity contribution in [3.05, 3.63) is 23.3 Å². The highest BCUT2D eigenvalue weighted by molar-refractivity contribution is 5.98. The van der Waals surface area contributed by atoms with Crippen molar-refractivity contribution in [3.63, 3.8) is 0 Å². The van der Waals surface area contributed by atoms with Gasteiger partial charge in [-0.2, -0.15) is 5.26 Å². The number of nitrogens with one attached hydrogen (secondary N) is 2. The van der Waals surface area contributed by atoms with E-state index in [1.165, 1.54) is 0 Å². The summed E-state index contributed by atoms with van der Waals surface area (Å²) in [5, 5.41) is 25.8. The van der Waals surface area contributed by atoms with E-state index in [2.05, 4.69) is 21.6 Å². The summed E-state index contributed by atoms with van der Waals surface area (Å²) in [6.07, 6.45) is 3.57. The minimum atomic E-state index is -0.458. The van der Waals surface area contributed by atoms with Crippen LogP contribution in [0.2, 0.25) is 0 Å². The van der Waals surface area contributed by atoms with Crippen LogP contribution < -0.4 is 20.1 Å². The van der Waals surface area contributed by atoms with Gasteiger partial charge in [0.15, 0.2) is 11.5 Å². The van der Waals surface area contributed by atoms with Crippen LogP contribution in [0, 0.1) is 17.2 Å². The molecule has 0 aromatic heterocycles. The van der Waals surface area contributed by atoms with Gasteiger partial charge in [0.25, 0.3) is 5.91 Å². The molecule has 0 saturated carbocycles. The molecule has 0 aliphatic carbocycles. The second-order valence-electron chi connectivity index (χ2n) is 8.29. The molecule has 1 saturated heterocycles.